The van der Waals surface area contributed by atoms with Crippen molar-refractivity contribution in [3.05, 3.63) is 66.4 Å². The van der Waals surface area contributed by atoms with E-state index in [1.807, 2.05) is 54.6 Å². The van der Waals surface area contributed by atoms with Gasteiger partial charge in [-0.15, -0.1) is 0 Å². The average Bonchev–Trinajstić information content (AvgIpc) is 2.56. The molecule has 2 rings (SSSR count). The Bertz CT molecular complexity index is 425. The second-order valence-electron chi connectivity index (χ2n) is 3.19. The van der Waals surface area contributed by atoms with Gasteiger partial charge in [0, 0.05) is 0 Å². The first kappa shape index (κ1) is 9.59. The van der Waals surface area contributed by atoms with Gasteiger partial charge in [-0.25, -0.2) is 0 Å². The van der Waals surface area contributed by atoms with Crippen molar-refractivity contribution in [1.82, 2.24) is 0 Å². The van der Waals surface area contributed by atoms with Crippen molar-refractivity contribution in [3.8, 4) is 0 Å². The van der Waals surface area contributed by atoms with E-state index in [0.29, 0.717) is 0 Å². The normalized spacial score (nSPS) is 15.3. The van der Waals surface area contributed by atoms with E-state index in [1.54, 1.807) is 0 Å². The monoisotopic (exact) mass is 196 g/mol. The summed E-state index contributed by atoms with van der Waals surface area (Å²) in [6.45, 7) is 0. The Kier molecular flexibility index (Phi) is 3.23. The fourth-order valence-electron chi connectivity index (χ4n) is 1.25. The van der Waals surface area contributed by atoms with E-state index in [9.17, 15) is 0 Å². The van der Waals surface area contributed by atoms with Crippen molar-refractivity contribution in [2.45, 2.75) is 6.42 Å². The maximum Gasteiger partial charge on any atom is 0.0857 e. The van der Waals surface area contributed by atoms with E-state index >= 15 is 0 Å². The Hall–Kier alpha value is -1.96. The molecule has 0 saturated carbocycles. The molecule has 15 heavy (non-hydrogen) atoms. The lowest BCUT2D eigenvalue weighted by atomic mass is 10.3. The molecule has 0 saturated heterocycles. The molecule has 0 bridgehead atoms. The first-order valence-electron chi connectivity index (χ1n) is 4.95. The van der Waals surface area contributed by atoms with Crippen LogP contribution in [0.25, 0.3) is 0 Å². The number of nitrogens with zero attached hydrogens (tertiary/aromatic N) is 2. The molecule has 0 N–H and O–H groups in total. The first-order valence-corrected chi connectivity index (χ1v) is 4.95. The number of hydrogen-bond acceptors (Lipinski definition) is 2. The van der Waals surface area contributed by atoms with Gasteiger partial charge in [-0.1, -0.05) is 42.5 Å². The molecule has 0 aliphatic heterocycles. The minimum atomic E-state index is 0.879. The highest BCUT2D eigenvalue weighted by Crippen LogP contribution is 2.14. The van der Waals surface area contributed by atoms with Gasteiger partial charge in [0.2, 0.25) is 0 Å². The topological polar surface area (TPSA) is 24.7 Å². The zero-order valence-corrected chi connectivity index (χ0v) is 8.38. The van der Waals surface area contributed by atoms with E-state index in [4.69, 9.17) is 0 Å². The van der Waals surface area contributed by atoms with Crippen LogP contribution in [0.3, 0.4) is 0 Å². The number of rotatable bonds is 2. The number of allylic oxidation sites excluding steroid dienone is 5. The van der Waals surface area contributed by atoms with Crippen LogP contribution in [0.4, 0.5) is 5.69 Å². The second kappa shape index (κ2) is 5.05. The van der Waals surface area contributed by atoms with Crippen LogP contribution in [-0.2, 0) is 0 Å². The molecule has 1 aliphatic carbocycles. The lowest BCUT2D eigenvalue weighted by Gasteiger charge is -1.91. The first-order chi connectivity index (χ1) is 7.45. The third kappa shape index (κ3) is 3.02. The Labute approximate surface area is 89.4 Å². The van der Waals surface area contributed by atoms with Crippen LogP contribution in [-0.4, -0.2) is 0 Å². The molecular formula is C13H12N2. The summed E-state index contributed by atoms with van der Waals surface area (Å²) in [4.78, 5) is 0. The van der Waals surface area contributed by atoms with Crippen LogP contribution in [0.2, 0.25) is 0 Å². The lowest BCUT2D eigenvalue weighted by Crippen LogP contribution is -1.69. The Morgan fingerprint density at radius 3 is 2.67 bits per heavy atom. The van der Waals surface area contributed by atoms with Gasteiger partial charge < -0.3 is 0 Å². The van der Waals surface area contributed by atoms with Crippen LogP contribution in [0.5, 0.6) is 0 Å². The molecule has 74 valence electrons. The zero-order chi connectivity index (χ0) is 10.3. The SMILES string of the molecule is C1=CCC=C(N=Nc2ccccc2)C=C1. The standard InChI is InChI=1S/C13H12N2/c1-2-5-9-12(8-4-1)14-15-13-10-6-3-7-11-13/h1-4,6-11H,5H2. The summed E-state index contributed by atoms with van der Waals surface area (Å²) in [5.74, 6) is 0. The third-order valence-electron chi connectivity index (χ3n) is 2.01. The highest BCUT2D eigenvalue weighted by Gasteiger charge is 1.90. The zero-order valence-electron chi connectivity index (χ0n) is 8.38. The van der Waals surface area contributed by atoms with Gasteiger partial charge in [-0.05, 0) is 24.6 Å². The Balaban J connectivity index is 2.09. The van der Waals surface area contributed by atoms with Crippen LogP contribution in [0.1, 0.15) is 6.42 Å². The minimum absolute atomic E-state index is 0.879. The largest absolute Gasteiger partial charge is 0.151 e. The maximum absolute atomic E-state index is 4.17. The third-order valence-corrected chi connectivity index (χ3v) is 2.01. The van der Waals surface area contributed by atoms with Crippen molar-refractivity contribution in [3.63, 3.8) is 0 Å². The van der Waals surface area contributed by atoms with Gasteiger partial charge in [0.15, 0.2) is 0 Å². The summed E-state index contributed by atoms with van der Waals surface area (Å²) >= 11 is 0. The number of benzene rings is 1. The minimum Gasteiger partial charge on any atom is -0.151 e. The number of hydrogen-bond donors (Lipinski definition) is 0. The molecule has 0 heterocycles. The Morgan fingerprint density at radius 2 is 1.80 bits per heavy atom. The molecule has 1 aromatic carbocycles. The van der Waals surface area contributed by atoms with Crippen LogP contribution < -0.4 is 0 Å². The summed E-state index contributed by atoms with van der Waals surface area (Å²) in [6.07, 6.45) is 11.0. The summed E-state index contributed by atoms with van der Waals surface area (Å²) in [6, 6.07) is 9.74. The fraction of sp³-hybridized carbons (Fsp3) is 0.0769. The van der Waals surface area contributed by atoms with Gasteiger partial charge in [0.1, 0.15) is 0 Å². The summed E-state index contributed by atoms with van der Waals surface area (Å²) in [5, 5.41) is 8.32. The summed E-state index contributed by atoms with van der Waals surface area (Å²) in [7, 11) is 0. The molecular weight excluding hydrogens is 184 g/mol. The highest BCUT2D eigenvalue weighted by molar-refractivity contribution is 5.35. The molecule has 0 fully saturated rings. The predicted molar refractivity (Wildman–Crippen MR) is 61.9 cm³/mol. The lowest BCUT2D eigenvalue weighted by molar-refractivity contribution is 1.15. The fourth-order valence-corrected chi connectivity index (χ4v) is 1.25. The van der Waals surface area contributed by atoms with Crippen molar-refractivity contribution in [1.29, 1.82) is 0 Å². The molecule has 0 radical (unpaired) electrons. The van der Waals surface area contributed by atoms with Crippen LogP contribution >= 0.6 is 0 Å². The molecule has 1 aromatic rings. The quantitative estimate of drug-likeness (QED) is 0.634. The van der Waals surface area contributed by atoms with Crippen LogP contribution in [0, 0.1) is 0 Å². The maximum atomic E-state index is 4.17. The van der Waals surface area contributed by atoms with Crippen molar-refractivity contribution >= 4 is 5.69 Å². The molecule has 2 heteroatoms. The van der Waals surface area contributed by atoms with Crippen molar-refractivity contribution in [2.24, 2.45) is 10.2 Å². The smallest absolute Gasteiger partial charge is 0.0857 e. The van der Waals surface area contributed by atoms with Gasteiger partial charge in [-0.2, -0.15) is 10.2 Å². The van der Waals surface area contributed by atoms with E-state index < -0.39 is 0 Å². The summed E-state index contributed by atoms with van der Waals surface area (Å²) in [5.41, 5.74) is 1.79. The van der Waals surface area contributed by atoms with E-state index in [0.717, 1.165) is 17.8 Å². The van der Waals surface area contributed by atoms with Crippen molar-refractivity contribution < 1.29 is 0 Å². The van der Waals surface area contributed by atoms with Gasteiger partial charge in [-0.3, -0.25) is 0 Å². The Morgan fingerprint density at radius 1 is 0.933 bits per heavy atom. The van der Waals surface area contributed by atoms with Crippen molar-refractivity contribution in [2.75, 3.05) is 0 Å². The predicted octanol–water partition coefficient (Wildman–Crippen LogP) is 4.17. The molecule has 2 nitrogen and oxygen atoms in total. The van der Waals surface area contributed by atoms with E-state index in [1.165, 1.54) is 0 Å². The highest BCUT2D eigenvalue weighted by atomic mass is 15.1. The molecule has 0 unspecified atom stereocenters. The summed E-state index contributed by atoms with van der Waals surface area (Å²) < 4.78 is 0. The van der Waals surface area contributed by atoms with E-state index in [2.05, 4.69) is 16.3 Å². The average molecular weight is 196 g/mol. The van der Waals surface area contributed by atoms with Crippen LogP contribution in [0.15, 0.2) is 76.6 Å². The number of azo groups is 1. The molecule has 0 amide bonds. The molecule has 0 spiro atoms. The molecule has 1 aliphatic rings. The second-order valence-corrected chi connectivity index (χ2v) is 3.19. The molecule has 0 aromatic heterocycles. The van der Waals surface area contributed by atoms with Gasteiger partial charge in [0.05, 0.1) is 11.4 Å². The van der Waals surface area contributed by atoms with Gasteiger partial charge in [0.25, 0.3) is 0 Å². The molecule has 0 atom stereocenters. The van der Waals surface area contributed by atoms with Gasteiger partial charge >= 0.3 is 0 Å². The van der Waals surface area contributed by atoms with E-state index in [-0.39, 0.29) is 0 Å².